The molecule has 0 saturated heterocycles. The van der Waals surface area contributed by atoms with Crippen LogP contribution in [0, 0.1) is 13.8 Å². The summed E-state index contributed by atoms with van der Waals surface area (Å²) in [5.41, 5.74) is 2.77. The van der Waals surface area contributed by atoms with Crippen LogP contribution in [0.4, 0.5) is 10.5 Å². The van der Waals surface area contributed by atoms with Crippen molar-refractivity contribution in [2.75, 3.05) is 11.9 Å². The lowest BCUT2D eigenvalue weighted by molar-refractivity contribution is -0.140. The Morgan fingerprint density at radius 2 is 1.61 bits per heavy atom. The summed E-state index contributed by atoms with van der Waals surface area (Å²) in [6.45, 7) is 13.2. The summed E-state index contributed by atoms with van der Waals surface area (Å²) >= 11 is 0. The predicted molar refractivity (Wildman–Crippen MR) is 152 cm³/mol. The molecule has 3 amide bonds. The molecule has 7 nitrogen and oxygen atoms in total. The van der Waals surface area contributed by atoms with E-state index in [1.807, 2.05) is 81.4 Å². The van der Waals surface area contributed by atoms with Crippen molar-refractivity contribution in [3.63, 3.8) is 0 Å². The molecule has 38 heavy (non-hydrogen) atoms. The zero-order valence-electron chi connectivity index (χ0n) is 23.4. The zero-order valence-corrected chi connectivity index (χ0v) is 23.4. The van der Waals surface area contributed by atoms with Crippen molar-refractivity contribution in [2.45, 2.75) is 72.6 Å². The molecule has 0 spiro atoms. The van der Waals surface area contributed by atoms with Crippen LogP contribution in [0.25, 0.3) is 10.8 Å². The van der Waals surface area contributed by atoms with Crippen LogP contribution in [0.3, 0.4) is 0 Å². The van der Waals surface area contributed by atoms with Crippen LogP contribution in [0.5, 0.6) is 0 Å². The van der Waals surface area contributed by atoms with Crippen LogP contribution < -0.4 is 10.6 Å². The first-order valence-corrected chi connectivity index (χ1v) is 13.1. The lowest BCUT2D eigenvalue weighted by Gasteiger charge is -2.33. The van der Waals surface area contributed by atoms with E-state index in [4.69, 9.17) is 4.74 Å². The van der Waals surface area contributed by atoms with Gasteiger partial charge < -0.3 is 20.3 Å². The Morgan fingerprint density at radius 1 is 0.921 bits per heavy atom. The van der Waals surface area contributed by atoms with E-state index < -0.39 is 23.8 Å². The molecule has 0 aliphatic rings. The van der Waals surface area contributed by atoms with Crippen LogP contribution >= 0.6 is 0 Å². The number of hydrogen-bond donors (Lipinski definition) is 2. The molecular formula is C31H39N3O4. The summed E-state index contributed by atoms with van der Waals surface area (Å²) in [5, 5.41) is 7.73. The molecule has 0 saturated carbocycles. The summed E-state index contributed by atoms with van der Waals surface area (Å²) in [7, 11) is 0. The molecule has 2 atom stereocenters. The normalized spacial score (nSPS) is 12.9. The van der Waals surface area contributed by atoms with Gasteiger partial charge in [-0.25, -0.2) is 4.79 Å². The molecule has 0 radical (unpaired) electrons. The maximum Gasteiger partial charge on any atom is 0.408 e. The number of nitrogens with zero attached hydrogens (tertiary/aromatic N) is 1. The van der Waals surface area contributed by atoms with Gasteiger partial charge in [0.2, 0.25) is 5.91 Å². The van der Waals surface area contributed by atoms with E-state index >= 15 is 0 Å². The molecule has 2 unspecified atom stereocenters. The number of aryl methyl sites for hydroxylation is 2. The number of carbonyl (C=O) groups excluding carboxylic acids is 3. The molecule has 0 heterocycles. The molecule has 0 aliphatic heterocycles. The summed E-state index contributed by atoms with van der Waals surface area (Å²) < 4.78 is 5.33. The van der Waals surface area contributed by atoms with Gasteiger partial charge in [0.25, 0.3) is 5.91 Å². The van der Waals surface area contributed by atoms with Crippen molar-refractivity contribution in [1.82, 2.24) is 10.2 Å². The van der Waals surface area contributed by atoms with Gasteiger partial charge in [0, 0.05) is 12.2 Å². The summed E-state index contributed by atoms with van der Waals surface area (Å²) in [5.74, 6) is -0.690. The van der Waals surface area contributed by atoms with Gasteiger partial charge in [-0.15, -0.1) is 0 Å². The molecule has 0 aliphatic carbocycles. The van der Waals surface area contributed by atoms with E-state index in [1.54, 1.807) is 32.6 Å². The van der Waals surface area contributed by atoms with Gasteiger partial charge in [0.15, 0.2) is 0 Å². The van der Waals surface area contributed by atoms with Gasteiger partial charge in [-0.05, 0) is 87.6 Å². The van der Waals surface area contributed by atoms with Crippen molar-refractivity contribution in [3.8, 4) is 0 Å². The fourth-order valence-corrected chi connectivity index (χ4v) is 4.29. The lowest BCUT2D eigenvalue weighted by Crippen LogP contribution is -2.51. The van der Waals surface area contributed by atoms with Gasteiger partial charge in [-0.2, -0.15) is 0 Å². The van der Waals surface area contributed by atoms with E-state index in [0.29, 0.717) is 24.2 Å². The average molecular weight is 518 g/mol. The highest BCUT2D eigenvalue weighted by Crippen LogP contribution is 2.27. The molecule has 0 bridgehead atoms. The van der Waals surface area contributed by atoms with Crippen molar-refractivity contribution in [1.29, 1.82) is 0 Å². The molecule has 0 aromatic heterocycles. The summed E-state index contributed by atoms with van der Waals surface area (Å²) in [6, 6.07) is 17.7. The first kappa shape index (κ1) is 28.7. The monoisotopic (exact) mass is 517 g/mol. The third kappa shape index (κ3) is 7.34. The van der Waals surface area contributed by atoms with E-state index in [1.165, 1.54) is 0 Å². The van der Waals surface area contributed by atoms with Crippen LogP contribution in [0.1, 0.15) is 63.8 Å². The number of rotatable bonds is 8. The molecule has 202 valence electrons. The predicted octanol–water partition coefficient (Wildman–Crippen LogP) is 6.29. The molecule has 3 aromatic carbocycles. The van der Waals surface area contributed by atoms with Gasteiger partial charge in [0.1, 0.15) is 17.7 Å². The fourth-order valence-electron chi connectivity index (χ4n) is 4.29. The number of benzene rings is 3. The largest absolute Gasteiger partial charge is 0.444 e. The van der Waals surface area contributed by atoms with Crippen LogP contribution in [-0.2, 0) is 14.3 Å². The highest BCUT2D eigenvalue weighted by atomic mass is 16.6. The number of amides is 3. The van der Waals surface area contributed by atoms with E-state index in [-0.39, 0.29) is 11.8 Å². The maximum atomic E-state index is 13.9. The van der Waals surface area contributed by atoms with Gasteiger partial charge >= 0.3 is 6.09 Å². The van der Waals surface area contributed by atoms with Crippen molar-refractivity contribution >= 4 is 34.4 Å². The van der Waals surface area contributed by atoms with Crippen LogP contribution in [0.15, 0.2) is 60.7 Å². The van der Waals surface area contributed by atoms with Gasteiger partial charge in [0.05, 0.1) is 0 Å². The minimum Gasteiger partial charge on any atom is -0.444 e. The third-order valence-corrected chi connectivity index (χ3v) is 6.27. The Labute approximate surface area is 225 Å². The lowest BCUT2D eigenvalue weighted by atomic mass is 9.98. The van der Waals surface area contributed by atoms with Crippen molar-refractivity contribution in [3.05, 3.63) is 77.4 Å². The quantitative estimate of drug-likeness (QED) is 0.368. The Morgan fingerprint density at radius 3 is 2.24 bits per heavy atom. The van der Waals surface area contributed by atoms with Crippen molar-refractivity contribution < 1.29 is 19.1 Å². The standard InChI is InChI=1S/C31H39N3O4/c1-8-17-34(29(36)22(4)32-30(37)38-31(5,6)7)27(25-14-13-20(2)21(3)18-25)28(35)33-26-16-15-23-11-9-10-12-24(23)19-26/h9-16,18-19,22,27H,8,17H2,1-7H3,(H,32,37)(H,33,35). The first-order chi connectivity index (χ1) is 17.9. The molecule has 7 heteroatoms. The molecule has 0 fully saturated rings. The third-order valence-electron chi connectivity index (χ3n) is 6.27. The van der Waals surface area contributed by atoms with Crippen LogP contribution in [0.2, 0.25) is 0 Å². The maximum absolute atomic E-state index is 13.9. The number of anilines is 1. The molecule has 2 N–H and O–H groups in total. The van der Waals surface area contributed by atoms with Gasteiger partial charge in [-0.1, -0.05) is 55.5 Å². The summed E-state index contributed by atoms with van der Waals surface area (Å²) in [4.78, 5) is 41.5. The summed E-state index contributed by atoms with van der Waals surface area (Å²) in [6.07, 6.45) is -0.0479. The van der Waals surface area contributed by atoms with E-state index in [2.05, 4.69) is 10.6 Å². The minimum atomic E-state index is -0.892. The Bertz CT molecular complexity index is 1310. The number of alkyl carbamates (subject to hydrolysis) is 1. The fraction of sp³-hybridized carbons (Fsp3) is 0.387. The van der Waals surface area contributed by atoms with Gasteiger partial charge in [-0.3, -0.25) is 9.59 Å². The second-order valence-corrected chi connectivity index (χ2v) is 10.7. The first-order valence-electron chi connectivity index (χ1n) is 13.1. The minimum absolute atomic E-state index is 0.324. The number of ether oxygens (including phenoxy) is 1. The SMILES string of the molecule is CCCN(C(=O)C(C)NC(=O)OC(C)(C)C)C(C(=O)Nc1ccc2ccccc2c1)c1ccc(C)c(C)c1. The number of fused-ring (bicyclic) bond motifs is 1. The molecular weight excluding hydrogens is 478 g/mol. The number of hydrogen-bond acceptors (Lipinski definition) is 4. The van der Waals surface area contributed by atoms with Crippen molar-refractivity contribution in [2.24, 2.45) is 0 Å². The Hall–Kier alpha value is -3.87. The molecule has 3 rings (SSSR count). The average Bonchev–Trinajstić information content (AvgIpc) is 2.84. The second kappa shape index (κ2) is 12.1. The Balaban J connectivity index is 1.96. The Kier molecular flexibility index (Phi) is 9.15. The highest BCUT2D eigenvalue weighted by molar-refractivity contribution is 6.00. The topological polar surface area (TPSA) is 87.7 Å². The number of nitrogens with one attached hydrogen (secondary N) is 2. The highest BCUT2D eigenvalue weighted by Gasteiger charge is 2.34. The van der Waals surface area contributed by atoms with E-state index in [0.717, 1.165) is 21.9 Å². The zero-order chi connectivity index (χ0) is 28.0. The van der Waals surface area contributed by atoms with E-state index in [9.17, 15) is 14.4 Å². The second-order valence-electron chi connectivity index (χ2n) is 10.7. The smallest absolute Gasteiger partial charge is 0.408 e. The molecule has 3 aromatic rings. The number of carbonyl (C=O) groups is 3. The van der Waals surface area contributed by atoms with Crippen LogP contribution in [-0.4, -0.2) is 41.0 Å².